The Morgan fingerprint density at radius 1 is 0.365 bits per heavy atom. The van der Waals surface area contributed by atoms with Crippen LogP contribution in [0.25, 0.3) is 0 Å². The lowest BCUT2D eigenvalue weighted by atomic mass is 9.93. The zero-order valence-corrected chi connectivity index (χ0v) is 32.5. The van der Waals surface area contributed by atoms with Crippen LogP contribution in [0.1, 0.15) is 170 Å². The Kier molecular flexibility index (Phi) is 14.8. The van der Waals surface area contributed by atoms with E-state index in [0.717, 1.165) is 51.4 Å². The Labute approximate surface area is 313 Å². The molecule has 4 aliphatic carbocycles. The van der Waals surface area contributed by atoms with Crippen LogP contribution in [0.5, 0.6) is 0 Å². The van der Waals surface area contributed by atoms with E-state index in [2.05, 4.69) is 0 Å². The molecule has 8 heteroatoms. The fourth-order valence-electron chi connectivity index (χ4n) is 8.89. The molecule has 0 bridgehead atoms. The lowest BCUT2D eigenvalue weighted by molar-refractivity contribution is 0.0684. The summed E-state index contributed by atoms with van der Waals surface area (Å²) in [5.74, 6) is 0.201. The number of amides is 4. The second kappa shape index (κ2) is 19.4. The van der Waals surface area contributed by atoms with Gasteiger partial charge in [-0.1, -0.05) is 83.1 Å². The van der Waals surface area contributed by atoms with E-state index >= 15 is 0 Å². The van der Waals surface area contributed by atoms with Crippen molar-refractivity contribution in [3.05, 3.63) is 70.8 Å². The van der Waals surface area contributed by atoms with E-state index in [1.54, 1.807) is 6.07 Å². The highest BCUT2D eigenvalue weighted by Crippen LogP contribution is 2.27. The summed E-state index contributed by atoms with van der Waals surface area (Å²) in [6, 6.07) is 15.9. The van der Waals surface area contributed by atoms with Crippen molar-refractivity contribution in [2.45, 2.75) is 153 Å². The summed E-state index contributed by atoms with van der Waals surface area (Å²) in [5.41, 5.74) is 2.60. The summed E-state index contributed by atoms with van der Waals surface area (Å²) >= 11 is 0. The van der Waals surface area contributed by atoms with Gasteiger partial charge in [-0.05, 0) is 93.8 Å². The highest BCUT2D eigenvalue weighted by molar-refractivity contribution is 6.00. The molecule has 0 atom stereocenters. The van der Waals surface area contributed by atoms with E-state index in [9.17, 15) is 19.2 Å². The molecule has 0 saturated heterocycles. The van der Waals surface area contributed by atoms with Gasteiger partial charge in [-0.15, -0.1) is 0 Å². The molecule has 4 saturated carbocycles. The summed E-state index contributed by atoms with van der Waals surface area (Å²) < 4.78 is 0. The second-order valence-corrected chi connectivity index (χ2v) is 16.0. The molecular formula is C44H64N4O4. The van der Waals surface area contributed by atoms with E-state index in [1.807, 2.05) is 90.3 Å². The Bertz CT molecular complexity index is 1360. The maximum Gasteiger partial charge on any atom is 0.253 e. The van der Waals surface area contributed by atoms with Gasteiger partial charge in [0.05, 0.1) is 0 Å². The minimum absolute atomic E-state index is 0.0341. The van der Waals surface area contributed by atoms with Crippen molar-refractivity contribution in [3.8, 4) is 0 Å². The highest BCUT2D eigenvalue weighted by atomic mass is 16.2. The standard InChI is InChI=1S/2C22H32N2O2/c1-23(19-12-5-3-6-13-19)21(25)17-10-9-11-18(16-17)22(26)24(2)20-14-7-4-8-15-20;1-23(19-9-5-3-6-10-19)21(25)17-13-15-18(16-14-17)22(26)24(2)20-11-7-4-8-12-20/h9-11,16,19-20H,3-8,12-15H2,1-2H3;13-16,19-20H,3-12H2,1-2H3. The van der Waals surface area contributed by atoms with Crippen molar-refractivity contribution < 1.29 is 19.2 Å². The van der Waals surface area contributed by atoms with Crippen molar-refractivity contribution in [3.63, 3.8) is 0 Å². The summed E-state index contributed by atoms with van der Waals surface area (Å²) in [4.78, 5) is 58.8. The van der Waals surface area contributed by atoms with Crippen molar-refractivity contribution >= 4 is 23.6 Å². The molecule has 4 aliphatic rings. The molecule has 52 heavy (non-hydrogen) atoms. The smallest absolute Gasteiger partial charge is 0.253 e. The fraction of sp³-hybridized carbons (Fsp3) is 0.636. The molecule has 0 aliphatic heterocycles. The molecule has 2 aromatic rings. The molecular weight excluding hydrogens is 649 g/mol. The molecule has 0 spiro atoms. The number of hydrogen-bond donors (Lipinski definition) is 0. The van der Waals surface area contributed by atoms with Gasteiger partial charge >= 0.3 is 0 Å². The van der Waals surface area contributed by atoms with Crippen LogP contribution in [-0.4, -0.2) is 95.6 Å². The number of rotatable bonds is 8. The summed E-state index contributed by atoms with van der Waals surface area (Å²) in [5, 5.41) is 0. The van der Waals surface area contributed by atoms with Crippen molar-refractivity contribution in [1.82, 2.24) is 19.6 Å². The van der Waals surface area contributed by atoms with Crippen LogP contribution in [0, 0.1) is 0 Å². The maximum atomic E-state index is 12.9. The van der Waals surface area contributed by atoms with E-state index in [0.29, 0.717) is 46.4 Å². The molecule has 6 rings (SSSR count). The van der Waals surface area contributed by atoms with Crippen molar-refractivity contribution in [1.29, 1.82) is 0 Å². The van der Waals surface area contributed by atoms with Crippen LogP contribution in [0.3, 0.4) is 0 Å². The van der Waals surface area contributed by atoms with Crippen LogP contribution in [-0.2, 0) is 0 Å². The first-order valence-corrected chi connectivity index (χ1v) is 20.4. The Morgan fingerprint density at radius 2 is 0.596 bits per heavy atom. The predicted octanol–water partition coefficient (Wildman–Crippen LogP) is 8.99. The van der Waals surface area contributed by atoms with Gasteiger partial charge in [0.25, 0.3) is 23.6 Å². The van der Waals surface area contributed by atoms with Crippen molar-refractivity contribution in [2.75, 3.05) is 28.2 Å². The van der Waals surface area contributed by atoms with Gasteiger partial charge in [0.15, 0.2) is 0 Å². The maximum absolute atomic E-state index is 12.9. The van der Waals surface area contributed by atoms with Gasteiger partial charge in [-0.25, -0.2) is 0 Å². The van der Waals surface area contributed by atoms with Gasteiger partial charge in [0, 0.05) is 74.6 Å². The predicted molar refractivity (Wildman–Crippen MR) is 209 cm³/mol. The third-order valence-corrected chi connectivity index (χ3v) is 12.5. The number of nitrogens with zero attached hydrogens (tertiary/aromatic N) is 4. The third kappa shape index (κ3) is 10.3. The molecule has 4 amide bonds. The Balaban J connectivity index is 0.000000201. The monoisotopic (exact) mass is 712 g/mol. The van der Waals surface area contributed by atoms with Crippen molar-refractivity contribution in [2.24, 2.45) is 0 Å². The topological polar surface area (TPSA) is 81.2 Å². The number of hydrogen-bond acceptors (Lipinski definition) is 4. The molecule has 0 aromatic heterocycles. The molecule has 284 valence electrons. The molecule has 4 fully saturated rings. The summed E-state index contributed by atoms with van der Waals surface area (Å²) in [6.45, 7) is 0. The highest BCUT2D eigenvalue weighted by Gasteiger charge is 2.27. The van der Waals surface area contributed by atoms with Gasteiger partial charge in [-0.3, -0.25) is 19.2 Å². The van der Waals surface area contributed by atoms with Gasteiger partial charge < -0.3 is 19.6 Å². The summed E-state index contributed by atoms with van der Waals surface area (Å²) in [7, 11) is 7.63. The largest absolute Gasteiger partial charge is 0.339 e. The SMILES string of the molecule is CN(C(=O)c1ccc(C(=O)N(C)C2CCCCC2)cc1)C1CCCCC1.CN(C(=O)c1cccc(C(=O)N(C)C2CCCCC2)c1)C1CCCCC1. The molecule has 2 aromatic carbocycles. The number of carbonyl (C=O) groups is 4. The van der Waals surface area contributed by atoms with E-state index < -0.39 is 0 Å². The van der Waals surface area contributed by atoms with E-state index in [4.69, 9.17) is 0 Å². The molecule has 8 nitrogen and oxygen atoms in total. The zero-order valence-electron chi connectivity index (χ0n) is 32.5. The normalized spacial score (nSPS) is 19.2. The molecule has 0 unspecified atom stereocenters. The van der Waals surface area contributed by atoms with Gasteiger partial charge in [0.2, 0.25) is 0 Å². The van der Waals surface area contributed by atoms with Gasteiger partial charge in [-0.2, -0.15) is 0 Å². The molecule has 0 N–H and O–H groups in total. The number of carbonyl (C=O) groups excluding carboxylic acids is 4. The second-order valence-electron chi connectivity index (χ2n) is 16.0. The molecule has 0 radical (unpaired) electrons. The first-order chi connectivity index (χ1) is 25.2. The first-order valence-electron chi connectivity index (χ1n) is 20.4. The van der Waals surface area contributed by atoms with Gasteiger partial charge in [0.1, 0.15) is 0 Å². The van der Waals surface area contributed by atoms with Crippen LogP contribution in [0.2, 0.25) is 0 Å². The average molecular weight is 713 g/mol. The van der Waals surface area contributed by atoms with Crippen LogP contribution < -0.4 is 0 Å². The third-order valence-electron chi connectivity index (χ3n) is 12.5. The van der Waals surface area contributed by atoms with Crippen LogP contribution in [0.4, 0.5) is 0 Å². The van der Waals surface area contributed by atoms with E-state index in [1.165, 1.54) is 77.0 Å². The minimum Gasteiger partial charge on any atom is -0.339 e. The van der Waals surface area contributed by atoms with E-state index in [-0.39, 0.29) is 23.6 Å². The summed E-state index contributed by atoms with van der Waals surface area (Å²) in [6.07, 6.45) is 23.5. The zero-order chi connectivity index (χ0) is 37.0. The van der Waals surface area contributed by atoms with Crippen LogP contribution in [0.15, 0.2) is 48.5 Å². The van der Waals surface area contributed by atoms with Crippen LogP contribution >= 0.6 is 0 Å². The number of benzene rings is 2. The quantitative estimate of drug-likeness (QED) is 0.274. The fourth-order valence-corrected chi connectivity index (χ4v) is 8.89. The Morgan fingerprint density at radius 3 is 0.846 bits per heavy atom. The molecule has 0 heterocycles. The Hall–Kier alpha value is -3.68. The minimum atomic E-state index is 0.0341. The lowest BCUT2D eigenvalue weighted by Gasteiger charge is -2.32. The average Bonchev–Trinajstić information content (AvgIpc) is 3.23. The lowest BCUT2D eigenvalue weighted by Crippen LogP contribution is -2.39. The first kappa shape index (κ1) is 39.5.